The summed E-state index contributed by atoms with van der Waals surface area (Å²) >= 11 is 3.40. The summed E-state index contributed by atoms with van der Waals surface area (Å²) in [4.78, 5) is 11.4. The highest BCUT2D eigenvalue weighted by molar-refractivity contribution is 9.10. The van der Waals surface area contributed by atoms with Gasteiger partial charge in [0.25, 0.3) is 0 Å². The van der Waals surface area contributed by atoms with E-state index in [9.17, 15) is 4.79 Å². The summed E-state index contributed by atoms with van der Waals surface area (Å²) in [6.45, 7) is 4.12. The quantitative estimate of drug-likeness (QED) is 0.849. The van der Waals surface area contributed by atoms with Crippen molar-refractivity contribution in [2.75, 3.05) is 7.11 Å². The first-order valence-electron chi connectivity index (χ1n) is 5.61. The van der Waals surface area contributed by atoms with Crippen LogP contribution in [0.1, 0.15) is 31.9 Å². The van der Waals surface area contributed by atoms with Crippen LogP contribution in [0.25, 0.3) is 0 Å². The van der Waals surface area contributed by atoms with Crippen LogP contribution in [-0.4, -0.2) is 19.1 Å². The van der Waals surface area contributed by atoms with Crippen LogP contribution in [0, 0.1) is 0 Å². The van der Waals surface area contributed by atoms with Crippen LogP contribution in [-0.2, 0) is 9.53 Å². The van der Waals surface area contributed by atoms with Gasteiger partial charge in [0.2, 0.25) is 0 Å². The molecular weight excluding hydrogens is 282 g/mol. The van der Waals surface area contributed by atoms with Gasteiger partial charge in [-0.15, -0.1) is 0 Å². The van der Waals surface area contributed by atoms with Crippen molar-refractivity contribution in [1.82, 2.24) is 5.32 Å². The summed E-state index contributed by atoms with van der Waals surface area (Å²) < 4.78 is 5.75. The third-order valence-electron chi connectivity index (χ3n) is 2.41. The number of esters is 1. The van der Waals surface area contributed by atoms with Gasteiger partial charge in [-0.2, -0.15) is 0 Å². The molecule has 0 saturated carbocycles. The smallest absolute Gasteiger partial charge is 0.307 e. The molecule has 0 radical (unpaired) electrons. The summed E-state index contributed by atoms with van der Waals surface area (Å²) in [5.74, 6) is -0.203. The zero-order valence-corrected chi connectivity index (χ0v) is 12.0. The van der Waals surface area contributed by atoms with Crippen molar-refractivity contribution in [2.45, 2.75) is 32.4 Å². The second-order valence-corrected chi connectivity index (χ2v) is 5.12. The number of methoxy groups -OCH3 is 1. The fourth-order valence-electron chi connectivity index (χ4n) is 1.62. The molecule has 1 atom stereocenters. The number of carbonyl (C=O) groups excluding carboxylic acids is 1. The fourth-order valence-corrected chi connectivity index (χ4v) is 1.88. The Morgan fingerprint density at radius 3 is 2.41 bits per heavy atom. The molecule has 1 rings (SSSR count). The largest absolute Gasteiger partial charge is 0.469 e. The Bertz CT molecular complexity index is 362. The Balaban J connectivity index is 2.81. The Morgan fingerprint density at radius 1 is 1.35 bits per heavy atom. The van der Waals surface area contributed by atoms with E-state index in [1.54, 1.807) is 0 Å². The third-order valence-corrected chi connectivity index (χ3v) is 2.93. The van der Waals surface area contributed by atoms with E-state index >= 15 is 0 Å². The molecule has 0 aliphatic rings. The Labute approximate surface area is 111 Å². The van der Waals surface area contributed by atoms with Gasteiger partial charge in [0, 0.05) is 16.6 Å². The summed E-state index contributed by atoms with van der Waals surface area (Å²) in [5, 5.41) is 3.36. The van der Waals surface area contributed by atoms with Gasteiger partial charge in [-0.25, -0.2) is 0 Å². The number of carbonyl (C=O) groups is 1. The number of rotatable bonds is 5. The molecule has 0 spiro atoms. The summed E-state index contributed by atoms with van der Waals surface area (Å²) in [5.41, 5.74) is 1.09. The minimum Gasteiger partial charge on any atom is -0.469 e. The van der Waals surface area contributed by atoms with Crippen LogP contribution >= 0.6 is 15.9 Å². The molecular formula is C13H18BrNO2. The van der Waals surface area contributed by atoms with Crippen molar-refractivity contribution in [2.24, 2.45) is 0 Å². The van der Waals surface area contributed by atoms with Crippen LogP contribution in [0.4, 0.5) is 0 Å². The highest BCUT2D eigenvalue weighted by atomic mass is 79.9. The van der Waals surface area contributed by atoms with Gasteiger partial charge in [0.15, 0.2) is 0 Å². The first kappa shape index (κ1) is 14.2. The standard InChI is InChI=1S/C13H18BrNO2/c1-9(2)15-12(8-13(16)17-3)10-4-6-11(14)7-5-10/h4-7,9,12,15H,8H2,1-3H3. The molecule has 0 bridgehead atoms. The highest BCUT2D eigenvalue weighted by Crippen LogP contribution is 2.20. The average molecular weight is 300 g/mol. The lowest BCUT2D eigenvalue weighted by atomic mass is 10.0. The van der Waals surface area contributed by atoms with Gasteiger partial charge >= 0.3 is 5.97 Å². The highest BCUT2D eigenvalue weighted by Gasteiger charge is 2.16. The summed E-state index contributed by atoms with van der Waals surface area (Å²) in [7, 11) is 1.41. The van der Waals surface area contributed by atoms with Crippen molar-refractivity contribution in [3.05, 3.63) is 34.3 Å². The van der Waals surface area contributed by atoms with Gasteiger partial charge in [-0.3, -0.25) is 4.79 Å². The molecule has 1 N–H and O–H groups in total. The van der Waals surface area contributed by atoms with Gasteiger partial charge < -0.3 is 10.1 Å². The van der Waals surface area contributed by atoms with E-state index in [1.807, 2.05) is 24.3 Å². The van der Waals surface area contributed by atoms with Crippen molar-refractivity contribution < 1.29 is 9.53 Å². The Morgan fingerprint density at radius 2 is 1.94 bits per heavy atom. The molecule has 4 heteroatoms. The van der Waals surface area contributed by atoms with E-state index in [2.05, 4.69) is 35.1 Å². The van der Waals surface area contributed by atoms with E-state index in [4.69, 9.17) is 4.74 Å². The topological polar surface area (TPSA) is 38.3 Å². The van der Waals surface area contributed by atoms with Gasteiger partial charge in [-0.1, -0.05) is 41.9 Å². The van der Waals surface area contributed by atoms with E-state index in [1.165, 1.54) is 7.11 Å². The van der Waals surface area contributed by atoms with Crippen LogP contribution < -0.4 is 5.32 Å². The van der Waals surface area contributed by atoms with Crippen molar-refractivity contribution in [3.63, 3.8) is 0 Å². The molecule has 3 nitrogen and oxygen atoms in total. The molecule has 0 aromatic heterocycles. The zero-order chi connectivity index (χ0) is 12.8. The first-order chi connectivity index (χ1) is 8.02. The second kappa shape index (κ2) is 6.77. The second-order valence-electron chi connectivity index (χ2n) is 4.21. The lowest BCUT2D eigenvalue weighted by molar-refractivity contribution is -0.141. The third kappa shape index (κ3) is 4.88. The van der Waals surface area contributed by atoms with Crippen molar-refractivity contribution >= 4 is 21.9 Å². The number of nitrogens with one attached hydrogen (secondary N) is 1. The molecule has 1 aromatic rings. The van der Waals surface area contributed by atoms with Gasteiger partial charge in [0.1, 0.15) is 0 Å². The zero-order valence-electron chi connectivity index (χ0n) is 10.4. The Kier molecular flexibility index (Phi) is 5.65. The van der Waals surface area contributed by atoms with Crippen LogP contribution in [0.5, 0.6) is 0 Å². The first-order valence-corrected chi connectivity index (χ1v) is 6.40. The molecule has 1 unspecified atom stereocenters. The number of benzene rings is 1. The van der Waals surface area contributed by atoms with Crippen molar-refractivity contribution in [1.29, 1.82) is 0 Å². The molecule has 17 heavy (non-hydrogen) atoms. The number of hydrogen-bond acceptors (Lipinski definition) is 3. The van der Waals surface area contributed by atoms with Gasteiger partial charge in [-0.05, 0) is 17.7 Å². The molecule has 94 valence electrons. The summed E-state index contributed by atoms with van der Waals surface area (Å²) in [6, 6.07) is 8.27. The summed E-state index contributed by atoms with van der Waals surface area (Å²) in [6.07, 6.45) is 0.344. The monoisotopic (exact) mass is 299 g/mol. The average Bonchev–Trinajstić information content (AvgIpc) is 2.28. The van der Waals surface area contributed by atoms with Crippen LogP contribution in [0.2, 0.25) is 0 Å². The van der Waals surface area contributed by atoms with E-state index < -0.39 is 0 Å². The molecule has 0 saturated heterocycles. The fraction of sp³-hybridized carbons (Fsp3) is 0.462. The molecule has 0 heterocycles. The number of hydrogen-bond donors (Lipinski definition) is 1. The van der Waals surface area contributed by atoms with Crippen molar-refractivity contribution in [3.8, 4) is 0 Å². The van der Waals surface area contributed by atoms with Crippen LogP contribution in [0.15, 0.2) is 28.7 Å². The van der Waals surface area contributed by atoms with E-state index in [-0.39, 0.29) is 12.0 Å². The van der Waals surface area contributed by atoms with E-state index in [0.29, 0.717) is 12.5 Å². The maximum atomic E-state index is 11.4. The lowest BCUT2D eigenvalue weighted by Gasteiger charge is -2.20. The maximum Gasteiger partial charge on any atom is 0.307 e. The molecule has 0 fully saturated rings. The molecule has 0 aliphatic heterocycles. The minimum atomic E-state index is -0.203. The molecule has 1 aromatic carbocycles. The van der Waals surface area contributed by atoms with Crippen LogP contribution in [0.3, 0.4) is 0 Å². The number of halogens is 1. The predicted molar refractivity (Wildman–Crippen MR) is 71.8 cm³/mol. The minimum absolute atomic E-state index is 0.00412. The molecule has 0 amide bonds. The maximum absolute atomic E-state index is 11.4. The predicted octanol–water partition coefficient (Wildman–Crippen LogP) is 3.05. The van der Waals surface area contributed by atoms with E-state index in [0.717, 1.165) is 10.0 Å². The Hall–Kier alpha value is -0.870. The molecule has 0 aliphatic carbocycles. The van der Waals surface area contributed by atoms with Gasteiger partial charge in [0.05, 0.1) is 13.5 Å². The lowest BCUT2D eigenvalue weighted by Crippen LogP contribution is -2.30. The number of ether oxygens (including phenoxy) is 1. The SMILES string of the molecule is COC(=O)CC(NC(C)C)c1ccc(Br)cc1. The normalized spacial score (nSPS) is 12.5.